The zero-order chi connectivity index (χ0) is 11.5. The zero-order valence-electron chi connectivity index (χ0n) is 9.45. The first-order valence-corrected chi connectivity index (χ1v) is 5.55. The Bertz CT molecular complexity index is 362. The van der Waals surface area contributed by atoms with Gasteiger partial charge in [0, 0.05) is 25.2 Å². The summed E-state index contributed by atoms with van der Waals surface area (Å²) >= 11 is 0. The van der Waals surface area contributed by atoms with E-state index in [1.165, 1.54) is 13.2 Å². The van der Waals surface area contributed by atoms with E-state index in [1.54, 1.807) is 12.1 Å². The molecular weight excluding hydrogens is 207 g/mol. The average molecular weight is 224 g/mol. The first kappa shape index (κ1) is 11.2. The van der Waals surface area contributed by atoms with Crippen molar-refractivity contribution in [3.63, 3.8) is 0 Å². The molecule has 0 spiro atoms. The number of halogens is 1. The number of ether oxygens (including phenoxy) is 1. The molecule has 1 aromatic carbocycles. The van der Waals surface area contributed by atoms with Crippen molar-refractivity contribution in [2.24, 2.45) is 5.73 Å². The summed E-state index contributed by atoms with van der Waals surface area (Å²) in [6.45, 7) is 1.65. The lowest BCUT2D eigenvalue weighted by Gasteiger charge is -2.32. The zero-order valence-corrected chi connectivity index (χ0v) is 9.45. The fourth-order valence-electron chi connectivity index (χ4n) is 2.01. The number of rotatable bonds is 2. The van der Waals surface area contributed by atoms with E-state index in [0.717, 1.165) is 25.9 Å². The van der Waals surface area contributed by atoms with Crippen LogP contribution in [0.3, 0.4) is 0 Å². The molecule has 1 saturated heterocycles. The van der Waals surface area contributed by atoms with E-state index < -0.39 is 0 Å². The van der Waals surface area contributed by atoms with Crippen LogP contribution in [0, 0.1) is 5.82 Å². The molecule has 1 aromatic rings. The van der Waals surface area contributed by atoms with Crippen molar-refractivity contribution in [3.8, 4) is 5.75 Å². The van der Waals surface area contributed by atoms with Crippen LogP contribution in [0.1, 0.15) is 12.8 Å². The van der Waals surface area contributed by atoms with Gasteiger partial charge in [0.1, 0.15) is 11.6 Å². The van der Waals surface area contributed by atoms with Crippen LogP contribution in [0.5, 0.6) is 5.75 Å². The number of nitrogens with zero attached hydrogens (tertiary/aromatic N) is 1. The van der Waals surface area contributed by atoms with Crippen molar-refractivity contribution in [3.05, 3.63) is 24.0 Å². The smallest absolute Gasteiger partial charge is 0.150 e. The van der Waals surface area contributed by atoms with Gasteiger partial charge in [0.2, 0.25) is 0 Å². The molecule has 0 saturated carbocycles. The standard InChI is InChI=1S/C12H17FN2O/c1-16-10-2-3-12(11(13)8-10)15-6-4-9(14)5-7-15/h2-3,8-9H,4-7,14H2,1H3. The van der Waals surface area contributed by atoms with Crippen molar-refractivity contribution in [1.82, 2.24) is 0 Å². The Morgan fingerprint density at radius 2 is 2.06 bits per heavy atom. The maximum absolute atomic E-state index is 13.8. The summed E-state index contributed by atoms with van der Waals surface area (Å²) in [7, 11) is 1.54. The quantitative estimate of drug-likeness (QED) is 0.832. The Balaban J connectivity index is 2.14. The summed E-state index contributed by atoms with van der Waals surface area (Å²) in [5, 5.41) is 0. The molecule has 2 N–H and O–H groups in total. The number of hydrogen-bond donors (Lipinski definition) is 1. The molecule has 2 rings (SSSR count). The third kappa shape index (κ3) is 2.27. The average Bonchev–Trinajstić information content (AvgIpc) is 2.30. The lowest BCUT2D eigenvalue weighted by Crippen LogP contribution is -2.40. The van der Waals surface area contributed by atoms with Gasteiger partial charge in [-0.05, 0) is 25.0 Å². The fourth-order valence-corrected chi connectivity index (χ4v) is 2.01. The molecule has 0 bridgehead atoms. The molecule has 0 amide bonds. The van der Waals surface area contributed by atoms with Crippen molar-refractivity contribution < 1.29 is 9.13 Å². The number of hydrogen-bond acceptors (Lipinski definition) is 3. The van der Waals surface area contributed by atoms with Gasteiger partial charge < -0.3 is 15.4 Å². The second-order valence-corrected chi connectivity index (χ2v) is 4.14. The van der Waals surface area contributed by atoms with E-state index in [-0.39, 0.29) is 11.9 Å². The lowest BCUT2D eigenvalue weighted by molar-refractivity contribution is 0.411. The first-order valence-electron chi connectivity index (χ1n) is 5.55. The van der Waals surface area contributed by atoms with Crippen LogP contribution in [-0.2, 0) is 0 Å². The number of piperidine rings is 1. The van der Waals surface area contributed by atoms with Crippen LogP contribution in [0.15, 0.2) is 18.2 Å². The Kier molecular flexibility index (Phi) is 3.29. The molecule has 4 heteroatoms. The Hall–Kier alpha value is -1.29. The molecule has 0 atom stereocenters. The van der Waals surface area contributed by atoms with Crippen molar-refractivity contribution in [2.45, 2.75) is 18.9 Å². The van der Waals surface area contributed by atoms with Gasteiger partial charge in [0.05, 0.1) is 12.8 Å². The minimum atomic E-state index is -0.227. The summed E-state index contributed by atoms with van der Waals surface area (Å²) in [6.07, 6.45) is 1.84. The molecule has 1 aliphatic rings. The number of benzene rings is 1. The van der Waals surface area contributed by atoms with Gasteiger partial charge in [0.15, 0.2) is 0 Å². The van der Waals surface area contributed by atoms with Gasteiger partial charge in [-0.3, -0.25) is 0 Å². The number of anilines is 1. The van der Waals surface area contributed by atoms with Crippen LogP contribution in [0.4, 0.5) is 10.1 Å². The minimum Gasteiger partial charge on any atom is -0.497 e. The van der Waals surface area contributed by atoms with Gasteiger partial charge in [-0.15, -0.1) is 0 Å². The molecule has 0 radical (unpaired) electrons. The summed E-state index contributed by atoms with van der Waals surface area (Å²) < 4.78 is 18.7. The maximum atomic E-state index is 13.8. The summed E-state index contributed by atoms with van der Waals surface area (Å²) in [5.41, 5.74) is 6.46. The number of methoxy groups -OCH3 is 1. The van der Waals surface area contributed by atoms with E-state index in [4.69, 9.17) is 10.5 Å². The minimum absolute atomic E-state index is 0.227. The first-order chi connectivity index (χ1) is 7.70. The van der Waals surface area contributed by atoms with Crippen molar-refractivity contribution >= 4 is 5.69 Å². The van der Waals surface area contributed by atoms with E-state index in [2.05, 4.69) is 0 Å². The Morgan fingerprint density at radius 1 is 1.38 bits per heavy atom. The monoisotopic (exact) mass is 224 g/mol. The van der Waals surface area contributed by atoms with Crippen LogP contribution in [0.25, 0.3) is 0 Å². The molecule has 88 valence electrons. The lowest BCUT2D eigenvalue weighted by atomic mass is 10.1. The third-order valence-electron chi connectivity index (χ3n) is 3.04. The molecule has 1 aliphatic heterocycles. The van der Waals surface area contributed by atoms with Gasteiger partial charge in [0.25, 0.3) is 0 Å². The Morgan fingerprint density at radius 3 is 2.62 bits per heavy atom. The molecule has 1 fully saturated rings. The summed E-state index contributed by atoms with van der Waals surface area (Å²) in [5.74, 6) is 0.324. The molecule has 1 heterocycles. The van der Waals surface area contributed by atoms with Crippen molar-refractivity contribution in [1.29, 1.82) is 0 Å². The second kappa shape index (κ2) is 4.70. The predicted molar refractivity (Wildman–Crippen MR) is 62.4 cm³/mol. The topological polar surface area (TPSA) is 38.5 Å². The Labute approximate surface area is 95.0 Å². The fraction of sp³-hybridized carbons (Fsp3) is 0.500. The van der Waals surface area contributed by atoms with Crippen LogP contribution >= 0.6 is 0 Å². The summed E-state index contributed by atoms with van der Waals surface area (Å²) in [6, 6.07) is 5.24. The highest BCUT2D eigenvalue weighted by molar-refractivity contribution is 5.50. The van der Waals surface area contributed by atoms with Crippen LogP contribution in [0.2, 0.25) is 0 Å². The molecule has 3 nitrogen and oxygen atoms in total. The SMILES string of the molecule is COc1ccc(N2CCC(N)CC2)c(F)c1. The molecule has 0 aromatic heterocycles. The summed E-state index contributed by atoms with van der Waals surface area (Å²) in [4.78, 5) is 2.04. The van der Waals surface area contributed by atoms with E-state index in [0.29, 0.717) is 11.4 Å². The third-order valence-corrected chi connectivity index (χ3v) is 3.04. The van der Waals surface area contributed by atoms with Gasteiger partial charge >= 0.3 is 0 Å². The van der Waals surface area contributed by atoms with E-state index in [1.807, 2.05) is 4.90 Å². The number of nitrogens with two attached hydrogens (primary N) is 1. The highest BCUT2D eigenvalue weighted by atomic mass is 19.1. The largest absolute Gasteiger partial charge is 0.497 e. The molecule has 0 unspecified atom stereocenters. The molecule has 16 heavy (non-hydrogen) atoms. The second-order valence-electron chi connectivity index (χ2n) is 4.14. The van der Waals surface area contributed by atoms with Gasteiger partial charge in [-0.2, -0.15) is 0 Å². The van der Waals surface area contributed by atoms with E-state index >= 15 is 0 Å². The van der Waals surface area contributed by atoms with E-state index in [9.17, 15) is 4.39 Å². The normalized spacial score (nSPS) is 17.6. The molecular formula is C12H17FN2O. The highest BCUT2D eigenvalue weighted by Gasteiger charge is 2.18. The van der Waals surface area contributed by atoms with Crippen LogP contribution in [-0.4, -0.2) is 26.2 Å². The van der Waals surface area contributed by atoms with Crippen LogP contribution < -0.4 is 15.4 Å². The van der Waals surface area contributed by atoms with Crippen molar-refractivity contribution in [2.75, 3.05) is 25.1 Å². The predicted octanol–water partition coefficient (Wildman–Crippen LogP) is 1.76. The molecule has 0 aliphatic carbocycles. The van der Waals surface area contributed by atoms with Gasteiger partial charge in [-0.1, -0.05) is 0 Å². The highest BCUT2D eigenvalue weighted by Crippen LogP contribution is 2.26. The van der Waals surface area contributed by atoms with Gasteiger partial charge in [-0.25, -0.2) is 4.39 Å². The maximum Gasteiger partial charge on any atom is 0.150 e.